The number of nitrogens with zero attached hydrogens (tertiary/aromatic N) is 1. The van der Waals surface area contributed by atoms with Crippen molar-refractivity contribution in [1.29, 1.82) is 0 Å². The van der Waals surface area contributed by atoms with Crippen molar-refractivity contribution in [2.24, 2.45) is 0 Å². The summed E-state index contributed by atoms with van der Waals surface area (Å²) < 4.78 is 69.9. The molecule has 1 N–H and O–H groups in total. The quantitative estimate of drug-likeness (QED) is 0.846. The summed E-state index contributed by atoms with van der Waals surface area (Å²) in [6, 6.07) is 0.793. The van der Waals surface area contributed by atoms with Gasteiger partial charge in [-0.25, -0.2) is 13.8 Å². The van der Waals surface area contributed by atoms with Crippen LogP contribution in [0.4, 0.5) is 22.0 Å². The van der Waals surface area contributed by atoms with Crippen LogP contribution >= 0.6 is 0 Å². The first-order valence-electron chi connectivity index (χ1n) is 4.97. The van der Waals surface area contributed by atoms with Crippen LogP contribution in [0, 0.1) is 0 Å². The lowest BCUT2D eigenvalue weighted by molar-refractivity contribution is -0.275. The third-order valence-electron chi connectivity index (χ3n) is 1.99. The van der Waals surface area contributed by atoms with Crippen LogP contribution in [0.2, 0.25) is 0 Å². The number of aliphatic carboxylic acids is 1. The lowest BCUT2D eigenvalue weighted by Crippen LogP contribution is -2.20. The molecule has 0 aromatic carbocycles. The summed E-state index contributed by atoms with van der Waals surface area (Å²) in [6.07, 6.45) is -9.36. The van der Waals surface area contributed by atoms with Gasteiger partial charge in [-0.15, -0.1) is 13.2 Å². The van der Waals surface area contributed by atoms with Crippen LogP contribution in [-0.2, 0) is 11.2 Å². The average molecular weight is 301 g/mol. The van der Waals surface area contributed by atoms with Gasteiger partial charge in [0.15, 0.2) is 17.2 Å². The summed E-state index contributed by atoms with van der Waals surface area (Å²) in [4.78, 5) is 13.7. The largest absolute Gasteiger partial charge is 0.573 e. The van der Waals surface area contributed by atoms with E-state index in [1.807, 2.05) is 0 Å². The Labute approximate surface area is 108 Å². The molecule has 0 bridgehead atoms. The summed E-state index contributed by atoms with van der Waals surface area (Å²) in [7, 11) is 0.929. The minimum atomic E-state index is -5.22. The zero-order valence-electron chi connectivity index (χ0n) is 9.87. The normalized spacial score (nSPS) is 11.6. The van der Waals surface area contributed by atoms with Crippen molar-refractivity contribution in [2.75, 3.05) is 7.11 Å². The molecule has 0 aliphatic carbocycles. The second kappa shape index (κ2) is 5.88. The second-order valence-electron chi connectivity index (χ2n) is 3.45. The standard InChI is InChI=1S/C10H8F5NO4/c1-19-5-2-4(3-6(17)18)16-7(9(11)12)8(5)20-10(13,14)15/h2,9H,3H2,1H3,(H,17,18). The Morgan fingerprint density at radius 3 is 2.45 bits per heavy atom. The van der Waals surface area contributed by atoms with Crippen molar-refractivity contribution in [2.45, 2.75) is 19.2 Å². The molecule has 1 aromatic heterocycles. The average Bonchev–Trinajstić information content (AvgIpc) is 2.27. The van der Waals surface area contributed by atoms with Crippen LogP contribution in [0.3, 0.4) is 0 Å². The fourth-order valence-electron chi connectivity index (χ4n) is 1.34. The van der Waals surface area contributed by atoms with Gasteiger partial charge in [-0.2, -0.15) is 0 Å². The van der Waals surface area contributed by atoms with Gasteiger partial charge in [0, 0.05) is 6.07 Å². The first kappa shape index (κ1) is 15.9. The van der Waals surface area contributed by atoms with Gasteiger partial charge < -0.3 is 14.6 Å². The van der Waals surface area contributed by atoms with E-state index in [4.69, 9.17) is 5.11 Å². The Balaban J connectivity index is 3.36. The summed E-state index contributed by atoms with van der Waals surface area (Å²) >= 11 is 0. The number of ether oxygens (including phenoxy) is 2. The molecule has 0 radical (unpaired) electrons. The number of alkyl halides is 5. The van der Waals surface area contributed by atoms with Crippen LogP contribution < -0.4 is 9.47 Å². The number of carboxylic acids is 1. The van der Waals surface area contributed by atoms with Gasteiger partial charge in [-0.1, -0.05) is 0 Å². The van der Waals surface area contributed by atoms with Gasteiger partial charge in [-0.05, 0) is 0 Å². The van der Waals surface area contributed by atoms with E-state index in [1.165, 1.54) is 0 Å². The van der Waals surface area contributed by atoms with Crippen molar-refractivity contribution in [3.05, 3.63) is 17.5 Å². The Bertz CT molecular complexity index is 503. The number of carbonyl (C=O) groups is 1. The third kappa shape index (κ3) is 4.21. The van der Waals surface area contributed by atoms with E-state index in [9.17, 15) is 26.7 Å². The molecular formula is C10H8F5NO4. The Morgan fingerprint density at radius 2 is 2.05 bits per heavy atom. The van der Waals surface area contributed by atoms with Crippen molar-refractivity contribution in [1.82, 2.24) is 4.98 Å². The topological polar surface area (TPSA) is 68.7 Å². The Kier molecular flexibility index (Phi) is 4.69. The van der Waals surface area contributed by atoms with Crippen LogP contribution in [0.25, 0.3) is 0 Å². The van der Waals surface area contributed by atoms with Crippen molar-refractivity contribution >= 4 is 5.97 Å². The van der Waals surface area contributed by atoms with Crippen molar-refractivity contribution in [3.8, 4) is 11.5 Å². The van der Waals surface area contributed by atoms with Gasteiger partial charge in [-0.3, -0.25) is 4.79 Å². The van der Waals surface area contributed by atoms with Gasteiger partial charge >= 0.3 is 12.3 Å². The van der Waals surface area contributed by atoms with E-state index in [-0.39, 0.29) is 5.69 Å². The van der Waals surface area contributed by atoms with Crippen molar-refractivity contribution in [3.63, 3.8) is 0 Å². The van der Waals surface area contributed by atoms with Gasteiger partial charge in [0.05, 0.1) is 19.2 Å². The molecular weight excluding hydrogens is 293 g/mol. The molecule has 0 spiro atoms. The number of pyridine rings is 1. The summed E-state index contributed by atoms with van der Waals surface area (Å²) in [5, 5.41) is 8.54. The zero-order chi connectivity index (χ0) is 15.5. The molecule has 0 aliphatic heterocycles. The highest BCUT2D eigenvalue weighted by Crippen LogP contribution is 2.39. The molecule has 0 atom stereocenters. The monoisotopic (exact) mass is 301 g/mol. The molecule has 0 fully saturated rings. The number of aromatic nitrogens is 1. The molecule has 1 aromatic rings. The minimum absolute atomic E-state index is 0.376. The van der Waals surface area contributed by atoms with E-state index < -0.39 is 42.4 Å². The number of hydrogen-bond acceptors (Lipinski definition) is 4. The molecule has 112 valence electrons. The number of carboxylic acid groups (broad SMARTS) is 1. The number of halogens is 5. The maximum absolute atomic E-state index is 12.7. The predicted octanol–water partition coefficient (Wildman–Crippen LogP) is 2.55. The van der Waals surface area contributed by atoms with E-state index in [0.717, 1.165) is 13.2 Å². The minimum Gasteiger partial charge on any atom is -0.493 e. The highest BCUT2D eigenvalue weighted by molar-refractivity contribution is 5.70. The van der Waals surface area contributed by atoms with E-state index >= 15 is 0 Å². The van der Waals surface area contributed by atoms with E-state index in [1.54, 1.807) is 0 Å². The molecule has 1 heterocycles. The van der Waals surface area contributed by atoms with Crippen LogP contribution in [0.15, 0.2) is 6.07 Å². The first-order valence-corrected chi connectivity index (χ1v) is 4.97. The SMILES string of the molecule is COc1cc(CC(=O)O)nc(C(F)F)c1OC(F)(F)F. The first-order chi connectivity index (χ1) is 9.14. The van der Waals surface area contributed by atoms with E-state index in [0.29, 0.717) is 0 Å². The maximum Gasteiger partial charge on any atom is 0.573 e. The Hall–Kier alpha value is -2.13. The fraction of sp³-hybridized carbons (Fsp3) is 0.400. The summed E-state index contributed by atoms with van der Waals surface area (Å²) in [5.41, 5.74) is -1.71. The summed E-state index contributed by atoms with van der Waals surface area (Å²) in [5.74, 6) is -3.35. The zero-order valence-corrected chi connectivity index (χ0v) is 9.87. The van der Waals surface area contributed by atoms with Crippen LogP contribution in [-0.4, -0.2) is 29.5 Å². The lowest BCUT2D eigenvalue weighted by atomic mass is 10.2. The van der Waals surface area contributed by atoms with Gasteiger partial charge in [0.1, 0.15) is 0 Å². The van der Waals surface area contributed by atoms with Gasteiger partial charge in [0.25, 0.3) is 6.43 Å². The molecule has 0 saturated carbocycles. The molecule has 0 saturated heterocycles. The molecule has 0 unspecified atom stereocenters. The lowest BCUT2D eigenvalue weighted by Gasteiger charge is -2.16. The van der Waals surface area contributed by atoms with Crippen molar-refractivity contribution < 1.29 is 41.3 Å². The van der Waals surface area contributed by atoms with Gasteiger partial charge in [0.2, 0.25) is 0 Å². The van der Waals surface area contributed by atoms with Crippen LogP contribution in [0.5, 0.6) is 11.5 Å². The second-order valence-corrected chi connectivity index (χ2v) is 3.45. The van der Waals surface area contributed by atoms with E-state index in [2.05, 4.69) is 14.5 Å². The smallest absolute Gasteiger partial charge is 0.493 e. The molecule has 1 rings (SSSR count). The molecule has 0 amide bonds. The number of hydrogen-bond donors (Lipinski definition) is 1. The third-order valence-corrected chi connectivity index (χ3v) is 1.99. The highest BCUT2D eigenvalue weighted by Gasteiger charge is 2.36. The summed E-state index contributed by atoms with van der Waals surface area (Å²) in [6.45, 7) is 0. The highest BCUT2D eigenvalue weighted by atomic mass is 19.4. The number of rotatable bonds is 5. The fourth-order valence-corrected chi connectivity index (χ4v) is 1.34. The predicted molar refractivity (Wildman–Crippen MR) is 53.8 cm³/mol. The molecule has 0 aliphatic rings. The molecule has 5 nitrogen and oxygen atoms in total. The molecule has 10 heteroatoms. The maximum atomic E-state index is 12.7. The van der Waals surface area contributed by atoms with Crippen LogP contribution in [0.1, 0.15) is 17.8 Å². The Morgan fingerprint density at radius 1 is 1.45 bits per heavy atom. The number of methoxy groups -OCH3 is 1. The molecule has 20 heavy (non-hydrogen) atoms.